The predicted molar refractivity (Wildman–Crippen MR) is 106 cm³/mol. The van der Waals surface area contributed by atoms with E-state index in [1.807, 2.05) is 12.1 Å². The third-order valence-corrected chi connectivity index (χ3v) is 4.37. The van der Waals surface area contributed by atoms with Crippen LogP contribution in [-0.2, 0) is 9.53 Å². The van der Waals surface area contributed by atoms with Gasteiger partial charge in [0.15, 0.2) is 11.5 Å². The second-order valence-electron chi connectivity index (χ2n) is 6.90. The Kier molecular flexibility index (Phi) is 6.59. The number of ether oxygens (including phenoxy) is 4. The molecule has 0 aliphatic carbocycles. The molecule has 0 aromatic heterocycles. The fourth-order valence-corrected chi connectivity index (χ4v) is 2.99. The number of fused-ring (bicyclic) bond motifs is 1. The maximum absolute atomic E-state index is 12.9. The number of carbonyl (C=O) groups excluding carboxylic acids is 2. The van der Waals surface area contributed by atoms with Crippen LogP contribution in [0.15, 0.2) is 42.5 Å². The van der Waals surface area contributed by atoms with Crippen LogP contribution < -0.4 is 19.5 Å². The summed E-state index contributed by atoms with van der Waals surface area (Å²) in [4.78, 5) is 25.1. The molecule has 0 spiro atoms. The van der Waals surface area contributed by atoms with E-state index in [2.05, 4.69) is 5.32 Å². The molecule has 0 saturated carbocycles. The van der Waals surface area contributed by atoms with Crippen molar-refractivity contribution in [3.63, 3.8) is 0 Å². The Morgan fingerprint density at radius 1 is 1.03 bits per heavy atom. The van der Waals surface area contributed by atoms with Gasteiger partial charge in [0.25, 0.3) is 5.91 Å². The van der Waals surface area contributed by atoms with Crippen LogP contribution in [0.5, 0.6) is 17.2 Å². The molecule has 1 aliphatic rings. The van der Waals surface area contributed by atoms with E-state index in [9.17, 15) is 9.59 Å². The molecule has 0 bridgehead atoms. The Bertz CT molecular complexity index is 862. The van der Waals surface area contributed by atoms with Gasteiger partial charge in [-0.15, -0.1) is 0 Å². The number of esters is 1. The van der Waals surface area contributed by atoms with Gasteiger partial charge in [0.05, 0.1) is 25.7 Å². The van der Waals surface area contributed by atoms with Crippen LogP contribution in [0, 0.1) is 0 Å². The number of methoxy groups -OCH3 is 1. The van der Waals surface area contributed by atoms with Crippen molar-refractivity contribution in [1.29, 1.82) is 0 Å². The summed E-state index contributed by atoms with van der Waals surface area (Å²) in [6.45, 7) is 4.49. The second kappa shape index (κ2) is 9.32. The summed E-state index contributed by atoms with van der Waals surface area (Å²) in [5.41, 5.74) is 1.20. The van der Waals surface area contributed by atoms with Crippen molar-refractivity contribution in [3.05, 3.63) is 53.6 Å². The zero-order valence-corrected chi connectivity index (χ0v) is 16.8. The lowest BCUT2D eigenvalue weighted by Gasteiger charge is -2.21. The van der Waals surface area contributed by atoms with Crippen LogP contribution in [-0.4, -0.2) is 38.3 Å². The van der Waals surface area contributed by atoms with Crippen LogP contribution in [0.1, 0.15) is 42.2 Å². The van der Waals surface area contributed by atoms with Gasteiger partial charge in [-0.05, 0) is 49.7 Å². The zero-order valence-electron chi connectivity index (χ0n) is 16.8. The quantitative estimate of drug-likeness (QED) is 0.720. The highest BCUT2D eigenvalue weighted by Gasteiger charge is 2.22. The van der Waals surface area contributed by atoms with Gasteiger partial charge in [0.2, 0.25) is 0 Å². The lowest BCUT2D eigenvalue weighted by molar-refractivity contribution is -0.147. The molecular formula is C22H25NO6. The maximum atomic E-state index is 12.9. The Morgan fingerprint density at radius 3 is 2.38 bits per heavy atom. The van der Waals surface area contributed by atoms with E-state index in [1.165, 1.54) is 0 Å². The molecular weight excluding hydrogens is 374 g/mol. The highest BCUT2D eigenvalue weighted by atomic mass is 16.6. The van der Waals surface area contributed by atoms with Crippen LogP contribution in [0.2, 0.25) is 0 Å². The van der Waals surface area contributed by atoms with E-state index >= 15 is 0 Å². The molecule has 0 radical (unpaired) electrons. The molecule has 29 heavy (non-hydrogen) atoms. The third-order valence-electron chi connectivity index (χ3n) is 4.37. The highest BCUT2D eigenvalue weighted by molar-refractivity contribution is 5.95. The van der Waals surface area contributed by atoms with E-state index < -0.39 is 6.04 Å². The molecule has 1 heterocycles. The minimum Gasteiger partial charge on any atom is -0.497 e. The molecule has 1 atom stereocenters. The summed E-state index contributed by atoms with van der Waals surface area (Å²) in [5.74, 6) is 1.13. The predicted octanol–water partition coefficient (Wildman–Crippen LogP) is 3.28. The van der Waals surface area contributed by atoms with Gasteiger partial charge < -0.3 is 24.3 Å². The highest BCUT2D eigenvalue weighted by Crippen LogP contribution is 2.31. The zero-order chi connectivity index (χ0) is 20.8. The molecule has 0 saturated heterocycles. The molecule has 2 aromatic rings. The molecule has 7 heteroatoms. The smallest absolute Gasteiger partial charge is 0.308 e. The fraction of sp³-hybridized carbons (Fsp3) is 0.364. The second-order valence-corrected chi connectivity index (χ2v) is 6.90. The van der Waals surface area contributed by atoms with E-state index in [4.69, 9.17) is 18.9 Å². The van der Waals surface area contributed by atoms with E-state index in [-0.39, 0.29) is 24.4 Å². The number of rotatable bonds is 7. The summed E-state index contributed by atoms with van der Waals surface area (Å²) < 4.78 is 21.5. The van der Waals surface area contributed by atoms with Crippen molar-refractivity contribution in [2.24, 2.45) is 0 Å². The summed E-state index contributed by atoms with van der Waals surface area (Å²) in [6.07, 6.45) is -0.214. The number of nitrogens with one attached hydrogen (secondary N) is 1. The minimum absolute atomic E-state index is 0.0147. The first-order chi connectivity index (χ1) is 14.0. The summed E-state index contributed by atoms with van der Waals surface area (Å²) in [7, 11) is 1.58. The Morgan fingerprint density at radius 2 is 1.72 bits per heavy atom. The van der Waals surface area contributed by atoms with Crippen molar-refractivity contribution < 1.29 is 28.5 Å². The number of hydrogen-bond donors (Lipinski definition) is 1. The molecule has 7 nitrogen and oxygen atoms in total. The molecule has 1 aliphatic heterocycles. The van der Waals surface area contributed by atoms with Gasteiger partial charge in [-0.3, -0.25) is 9.59 Å². The third kappa shape index (κ3) is 5.40. The molecule has 0 fully saturated rings. The number of benzene rings is 2. The van der Waals surface area contributed by atoms with Crippen LogP contribution in [0.3, 0.4) is 0 Å². The van der Waals surface area contributed by atoms with Crippen LogP contribution in [0.25, 0.3) is 0 Å². The van der Waals surface area contributed by atoms with Gasteiger partial charge in [-0.1, -0.05) is 12.1 Å². The average Bonchev–Trinajstić information content (AvgIpc) is 2.72. The van der Waals surface area contributed by atoms with E-state index in [1.54, 1.807) is 51.3 Å². The normalized spacial score (nSPS) is 13.5. The van der Waals surface area contributed by atoms with Gasteiger partial charge >= 0.3 is 5.97 Å². The topological polar surface area (TPSA) is 83.1 Å². The fourth-order valence-electron chi connectivity index (χ4n) is 2.99. The Hall–Kier alpha value is -3.22. The standard InChI is InChI=1S/C22H25NO6/c1-14(2)29-21(24)13-18(15-4-7-17(26-3)8-5-15)23-22(25)16-6-9-19-20(12-16)28-11-10-27-19/h4-9,12,14,18H,10-11,13H2,1-3H3,(H,23,25)/t18-/m1/s1. The van der Waals surface area contributed by atoms with Gasteiger partial charge in [-0.2, -0.15) is 0 Å². The molecule has 0 unspecified atom stereocenters. The first-order valence-corrected chi connectivity index (χ1v) is 9.50. The van der Waals surface area contributed by atoms with Crippen LogP contribution >= 0.6 is 0 Å². The molecule has 154 valence electrons. The summed E-state index contributed by atoms with van der Waals surface area (Å²) >= 11 is 0. The first kappa shape index (κ1) is 20.5. The molecule has 3 rings (SSSR count). The van der Waals surface area contributed by atoms with Crippen molar-refractivity contribution in [2.45, 2.75) is 32.4 Å². The average molecular weight is 399 g/mol. The van der Waals surface area contributed by atoms with E-state index in [0.29, 0.717) is 36.0 Å². The molecule has 1 amide bonds. The summed E-state index contributed by atoms with van der Waals surface area (Å²) in [6, 6.07) is 11.7. The Balaban J connectivity index is 1.79. The minimum atomic E-state index is -0.548. The van der Waals surface area contributed by atoms with Gasteiger partial charge in [0.1, 0.15) is 19.0 Å². The monoisotopic (exact) mass is 399 g/mol. The van der Waals surface area contributed by atoms with Crippen molar-refractivity contribution >= 4 is 11.9 Å². The van der Waals surface area contributed by atoms with E-state index in [0.717, 1.165) is 5.56 Å². The summed E-state index contributed by atoms with van der Waals surface area (Å²) in [5, 5.41) is 2.92. The number of amides is 1. The Labute approximate surface area is 169 Å². The molecule has 1 N–H and O–H groups in total. The lowest BCUT2D eigenvalue weighted by atomic mass is 10.0. The van der Waals surface area contributed by atoms with Crippen molar-refractivity contribution in [1.82, 2.24) is 5.32 Å². The number of hydrogen-bond acceptors (Lipinski definition) is 6. The van der Waals surface area contributed by atoms with Gasteiger partial charge in [0, 0.05) is 5.56 Å². The largest absolute Gasteiger partial charge is 0.497 e. The SMILES string of the molecule is COc1ccc([C@@H](CC(=O)OC(C)C)NC(=O)c2ccc3c(c2)OCCO3)cc1. The first-order valence-electron chi connectivity index (χ1n) is 9.50. The molecule has 2 aromatic carbocycles. The number of carbonyl (C=O) groups is 2. The lowest BCUT2D eigenvalue weighted by Crippen LogP contribution is -2.31. The van der Waals surface area contributed by atoms with Crippen LogP contribution in [0.4, 0.5) is 0 Å². The van der Waals surface area contributed by atoms with Crippen molar-refractivity contribution in [3.8, 4) is 17.2 Å². The van der Waals surface area contributed by atoms with Crippen molar-refractivity contribution in [2.75, 3.05) is 20.3 Å². The van der Waals surface area contributed by atoms with Gasteiger partial charge in [-0.25, -0.2) is 0 Å². The maximum Gasteiger partial charge on any atom is 0.308 e.